The summed E-state index contributed by atoms with van der Waals surface area (Å²) in [7, 11) is 2.01. The third kappa shape index (κ3) is 2.08. The van der Waals surface area contributed by atoms with E-state index in [-0.39, 0.29) is 0 Å². The van der Waals surface area contributed by atoms with Gasteiger partial charge in [0.05, 0.1) is 12.7 Å². The average Bonchev–Trinajstić information content (AvgIpc) is 2.42. The van der Waals surface area contributed by atoms with Crippen LogP contribution in [0.5, 0.6) is 0 Å². The van der Waals surface area contributed by atoms with Crippen molar-refractivity contribution in [1.82, 2.24) is 14.9 Å². The highest BCUT2D eigenvalue weighted by Gasteiger charge is 2.16. The largest absolute Gasteiger partial charge is 0.375 e. The first-order chi connectivity index (χ1) is 6.36. The topological polar surface area (TPSA) is 39.1 Å². The molecule has 0 spiro atoms. The lowest BCUT2D eigenvalue weighted by Crippen LogP contribution is -2.48. The van der Waals surface area contributed by atoms with E-state index in [1.54, 1.807) is 0 Å². The number of ether oxygens (including phenoxy) is 1. The molecule has 0 aliphatic carbocycles. The Labute approximate surface area is 77.9 Å². The van der Waals surface area contributed by atoms with Crippen LogP contribution in [-0.2, 0) is 18.2 Å². The van der Waals surface area contributed by atoms with Gasteiger partial charge >= 0.3 is 0 Å². The first kappa shape index (κ1) is 8.72. The predicted molar refractivity (Wildman–Crippen MR) is 49.5 cm³/mol. The third-order valence-electron chi connectivity index (χ3n) is 2.34. The Kier molecular flexibility index (Phi) is 2.61. The normalized spacial score (nSPS) is 17.3. The number of hydrogen-bond donors (Lipinski definition) is 1. The third-order valence-corrected chi connectivity index (χ3v) is 2.34. The van der Waals surface area contributed by atoms with E-state index in [9.17, 15) is 0 Å². The van der Waals surface area contributed by atoms with Crippen LogP contribution in [0.4, 0.5) is 0 Å². The second kappa shape index (κ2) is 3.89. The molecule has 1 N–H and O–H groups in total. The standard InChI is InChI=1S/C9H15N3O/c1-12-4-3-11-9(12)2-5-13-8-6-10-7-8/h3-4,8,10H,2,5-7H2,1H3. The van der Waals surface area contributed by atoms with Crippen molar-refractivity contribution in [3.05, 3.63) is 18.2 Å². The van der Waals surface area contributed by atoms with Crippen LogP contribution in [0.15, 0.2) is 12.4 Å². The molecule has 0 bridgehead atoms. The zero-order valence-corrected chi connectivity index (χ0v) is 7.86. The molecule has 72 valence electrons. The van der Waals surface area contributed by atoms with Gasteiger partial charge in [-0.25, -0.2) is 4.98 Å². The highest BCUT2D eigenvalue weighted by molar-refractivity contribution is 4.91. The Bertz CT molecular complexity index is 268. The Hall–Kier alpha value is -0.870. The summed E-state index contributed by atoms with van der Waals surface area (Å²) in [6.07, 6.45) is 5.11. The van der Waals surface area contributed by atoms with Gasteiger partial charge in [-0.15, -0.1) is 0 Å². The summed E-state index contributed by atoms with van der Waals surface area (Å²) < 4.78 is 7.62. The molecular weight excluding hydrogens is 166 g/mol. The van der Waals surface area contributed by atoms with Crippen LogP contribution < -0.4 is 5.32 Å². The Balaban J connectivity index is 1.70. The van der Waals surface area contributed by atoms with Gasteiger partial charge in [-0.3, -0.25) is 0 Å². The van der Waals surface area contributed by atoms with Crippen LogP contribution in [0.3, 0.4) is 0 Å². The van der Waals surface area contributed by atoms with E-state index in [4.69, 9.17) is 4.74 Å². The molecule has 1 saturated heterocycles. The summed E-state index contributed by atoms with van der Waals surface area (Å²) in [5, 5.41) is 3.17. The van der Waals surface area contributed by atoms with Crippen molar-refractivity contribution in [1.29, 1.82) is 0 Å². The number of nitrogens with one attached hydrogen (secondary N) is 1. The van der Waals surface area contributed by atoms with Gasteiger partial charge in [-0.05, 0) is 0 Å². The van der Waals surface area contributed by atoms with Gasteiger partial charge in [-0.2, -0.15) is 0 Å². The van der Waals surface area contributed by atoms with Gasteiger partial charge in [0.25, 0.3) is 0 Å². The Morgan fingerprint density at radius 3 is 3.08 bits per heavy atom. The molecule has 1 aromatic heterocycles. The molecule has 2 rings (SSSR count). The molecule has 1 aromatic rings. The first-order valence-corrected chi connectivity index (χ1v) is 4.65. The van der Waals surface area contributed by atoms with Crippen LogP contribution in [0, 0.1) is 0 Å². The fourth-order valence-electron chi connectivity index (χ4n) is 1.33. The van der Waals surface area contributed by atoms with Crippen molar-refractivity contribution in [2.24, 2.45) is 7.05 Å². The van der Waals surface area contributed by atoms with Crippen LogP contribution in [-0.4, -0.2) is 35.4 Å². The van der Waals surface area contributed by atoms with Gasteiger partial charge < -0.3 is 14.6 Å². The summed E-state index contributed by atoms with van der Waals surface area (Å²) in [5.74, 6) is 1.09. The second-order valence-corrected chi connectivity index (χ2v) is 3.36. The van der Waals surface area contributed by atoms with Crippen LogP contribution in [0.2, 0.25) is 0 Å². The smallest absolute Gasteiger partial charge is 0.110 e. The van der Waals surface area contributed by atoms with Crippen molar-refractivity contribution in [2.45, 2.75) is 12.5 Å². The van der Waals surface area contributed by atoms with Crippen molar-refractivity contribution in [3.63, 3.8) is 0 Å². The zero-order valence-electron chi connectivity index (χ0n) is 7.86. The van der Waals surface area contributed by atoms with E-state index in [1.165, 1.54) is 0 Å². The molecule has 0 amide bonds. The monoisotopic (exact) mass is 181 g/mol. The molecule has 1 aliphatic heterocycles. The summed E-state index contributed by atoms with van der Waals surface area (Å²) in [6, 6.07) is 0. The van der Waals surface area contributed by atoms with Crippen LogP contribution in [0.1, 0.15) is 5.82 Å². The highest BCUT2D eigenvalue weighted by Crippen LogP contribution is 2.01. The first-order valence-electron chi connectivity index (χ1n) is 4.65. The number of aryl methyl sites for hydroxylation is 1. The van der Waals surface area contributed by atoms with Gasteiger partial charge in [0.2, 0.25) is 0 Å². The zero-order chi connectivity index (χ0) is 9.10. The van der Waals surface area contributed by atoms with E-state index in [1.807, 2.05) is 24.0 Å². The minimum Gasteiger partial charge on any atom is -0.375 e. The van der Waals surface area contributed by atoms with Gasteiger partial charge in [-0.1, -0.05) is 0 Å². The Morgan fingerprint density at radius 2 is 2.54 bits per heavy atom. The summed E-state index contributed by atoms with van der Waals surface area (Å²) >= 11 is 0. The van der Waals surface area contributed by atoms with Crippen molar-refractivity contribution < 1.29 is 4.74 Å². The molecule has 1 fully saturated rings. The number of aromatic nitrogens is 2. The molecule has 0 aromatic carbocycles. The number of imidazole rings is 1. The van der Waals surface area contributed by atoms with Crippen molar-refractivity contribution in [3.8, 4) is 0 Å². The SMILES string of the molecule is Cn1ccnc1CCOC1CNC1. The highest BCUT2D eigenvalue weighted by atomic mass is 16.5. The lowest BCUT2D eigenvalue weighted by atomic mass is 10.2. The van der Waals surface area contributed by atoms with E-state index in [0.29, 0.717) is 6.10 Å². The number of hydrogen-bond acceptors (Lipinski definition) is 3. The molecule has 1 aliphatic rings. The quantitative estimate of drug-likeness (QED) is 0.708. The average molecular weight is 181 g/mol. The van der Waals surface area contributed by atoms with E-state index < -0.39 is 0 Å². The van der Waals surface area contributed by atoms with E-state index in [0.717, 1.165) is 31.9 Å². The van der Waals surface area contributed by atoms with Gasteiger partial charge in [0, 0.05) is 39.0 Å². The molecule has 2 heterocycles. The summed E-state index contributed by atoms with van der Waals surface area (Å²) in [4.78, 5) is 4.22. The van der Waals surface area contributed by atoms with Gasteiger partial charge in [0.15, 0.2) is 0 Å². The molecule has 0 atom stereocenters. The molecule has 13 heavy (non-hydrogen) atoms. The summed E-state index contributed by atoms with van der Waals surface area (Å²) in [5.41, 5.74) is 0. The summed E-state index contributed by atoms with van der Waals surface area (Å²) in [6.45, 7) is 2.78. The maximum atomic E-state index is 5.59. The lowest BCUT2D eigenvalue weighted by molar-refractivity contribution is 0.0199. The molecule has 4 heteroatoms. The van der Waals surface area contributed by atoms with Crippen molar-refractivity contribution in [2.75, 3.05) is 19.7 Å². The lowest BCUT2D eigenvalue weighted by Gasteiger charge is -2.26. The van der Waals surface area contributed by atoms with Crippen LogP contribution in [0.25, 0.3) is 0 Å². The molecule has 0 unspecified atom stereocenters. The van der Waals surface area contributed by atoms with Gasteiger partial charge in [0.1, 0.15) is 5.82 Å². The molecule has 4 nitrogen and oxygen atoms in total. The molecule has 0 saturated carbocycles. The maximum Gasteiger partial charge on any atom is 0.110 e. The minimum absolute atomic E-state index is 0.431. The molecular formula is C9H15N3O. The van der Waals surface area contributed by atoms with E-state index >= 15 is 0 Å². The number of rotatable bonds is 4. The fourth-order valence-corrected chi connectivity index (χ4v) is 1.33. The Morgan fingerprint density at radius 1 is 1.69 bits per heavy atom. The number of nitrogens with zero attached hydrogens (tertiary/aromatic N) is 2. The second-order valence-electron chi connectivity index (χ2n) is 3.36. The maximum absolute atomic E-state index is 5.59. The van der Waals surface area contributed by atoms with Crippen molar-refractivity contribution >= 4 is 0 Å². The van der Waals surface area contributed by atoms with Crippen LogP contribution >= 0.6 is 0 Å². The fraction of sp³-hybridized carbons (Fsp3) is 0.667. The molecule has 0 radical (unpaired) electrons. The predicted octanol–water partition coefficient (Wildman–Crippen LogP) is -0.0490. The van der Waals surface area contributed by atoms with E-state index in [2.05, 4.69) is 10.3 Å². The minimum atomic E-state index is 0.431.